The first-order valence-corrected chi connectivity index (χ1v) is 12.3. The van der Waals surface area contributed by atoms with Crippen LogP contribution >= 0.6 is 46.0 Å². The van der Waals surface area contributed by atoms with Gasteiger partial charge in [-0.1, -0.05) is 41.9 Å². The van der Waals surface area contributed by atoms with Crippen LogP contribution in [0.2, 0.25) is 5.02 Å². The Morgan fingerprint density at radius 1 is 1.03 bits per heavy atom. The molecule has 1 N–H and O–H groups in total. The zero-order valence-corrected chi connectivity index (χ0v) is 21.3. The minimum absolute atomic E-state index is 0.191. The Balaban J connectivity index is 1.42. The quantitative estimate of drug-likeness (QED) is 0.246. The second-order valence-corrected chi connectivity index (χ2v) is 9.97. The second kappa shape index (κ2) is 10.6. The number of ether oxygens (including phenoxy) is 1. The summed E-state index contributed by atoms with van der Waals surface area (Å²) < 4.78 is 6.70. The number of aromatic carboxylic acids is 1. The van der Waals surface area contributed by atoms with Gasteiger partial charge >= 0.3 is 5.97 Å². The molecule has 2 amide bonds. The van der Waals surface area contributed by atoms with Gasteiger partial charge in [-0.2, -0.15) is 0 Å². The molecule has 1 fully saturated rings. The molecule has 0 saturated carbocycles. The predicted octanol–water partition coefficient (Wildman–Crippen LogP) is 6.46. The van der Waals surface area contributed by atoms with Crippen LogP contribution in [0.5, 0.6) is 5.75 Å². The largest absolute Gasteiger partial charge is 0.488 e. The van der Waals surface area contributed by atoms with Crippen LogP contribution in [-0.4, -0.2) is 27.1 Å². The Bertz CT molecular complexity index is 1290. The number of nitrogens with zero attached hydrogens (tertiary/aromatic N) is 1. The summed E-state index contributed by atoms with van der Waals surface area (Å²) in [5.74, 6) is -0.638. The molecule has 3 aromatic carbocycles. The second-order valence-electron chi connectivity index (χ2n) is 7.37. The summed E-state index contributed by atoms with van der Waals surface area (Å²) in [5, 5.41) is 9.27. The maximum atomic E-state index is 12.8. The van der Waals surface area contributed by atoms with E-state index in [1.54, 1.807) is 48.5 Å². The van der Waals surface area contributed by atoms with Gasteiger partial charge in [0.15, 0.2) is 0 Å². The molecule has 0 unspecified atom stereocenters. The number of carbonyl (C=O) groups is 3. The van der Waals surface area contributed by atoms with Crippen LogP contribution in [0.1, 0.15) is 27.0 Å². The molecule has 0 radical (unpaired) electrons. The molecule has 1 aliphatic rings. The molecular formula is C25H17ClINO5S. The summed E-state index contributed by atoms with van der Waals surface area (Å²) in [5.41, 5.74) is 2.67. The van der Waals surface area contributed by atoms with Crippen molar-refractivity contribution < 1.29 is 24.2 Å². The number of rotatable bonds is 7. The van der Waals surface area contributed by atoms with Crippen molar-refractivity contribution in [1.29, 1.82) is 0 Å². The third-order valence-corrected chi connectivity index (χ3v) is 6.98. The summed E-state index contributed by atoms with van der Waals surface area (Å²) >= 11 is 8.97. The number of carbonyl (C=O) groups excluding carboxylic acids is 2. The van der Waals surface area contributed by atoms with E-state index in [1.807, 2.05) is 12.1 Å². The lowest BCUT2D eigenvalue weighted by molar-refractivity contribution is -0.123. The monoisotopic (exact) mass is 605 g/mol. The number of carboxylic acid groups (broad SMARTS) is 1. The molecule has 34 heavy (non-hydrogen) atoms. The standard InChI is InChI=1S/C25H17ClINO5S/c26-19-8-3-15(4-9-19)13-28-23(29)22(34-25(28)32)12-17-5-10-21(20(27)11-17)33-14-16-1-6-18(7-2-16)24(30)31/h1-12H,13-14H2,(H,30,31)/b22-12-. The maximum Gasteiger partial charge on any atom is 0.335 e. The third-order valence-electron chi connectivity index (χ3n) is 4.98. The van der Waals surface area contributed by atoms with E-state index < -0.39 is 5.97 Å². The Hall–Kier alpha value is -2.82. The lowest BCUT2D eigenvalue weighted by Crippen LogP contribution is -2.27. The third kappa shape index (κ3) is 5.81. The molecule has 3 aromatic rings. The van der Waals surface area contributed by atoms with Crippen molar-refractivity contribution in [2.45, 2.75) is 13.2 Å². The average molecular weight is 606 g/mol. The number of hydrogen-bond acceptors (Lipinski definition) is 5. The number of halogens is 2. The van der Waals surface area contributed by atoms with Crippen molar-refractivity contribution in [3.63, 3.8) is 0 Å². The highest BCUT2D eigenvalue weighted by molar-refractivity contribution is 14.1. The fraction of sp³-hybridized carbons (Fsp3) is 0.0800. The van der Waals surface area contributed by atoms with Crippen LogP contribution in [0.3, 0.4) is 0 Å². The van der Waals surface area contributed by atoms with Gasteiger partial charge in [-0.05, 0) is 93.5 Å². The number of amides is 2. The van der Waals surface area contributed by atoms with Gasteiger partial charge < -0.3 is 9.84 Å². The first-order valence-electron chi connectivity index (χ1n) is 10.0. The van der Waals surface area contributed by atoms with Crippen LogP contribution in [-0.2, 0) is 17.9 Å². The van der Waals surface area contributed by atoms with Crippen LogP contribution in [0.25, 0.3) is 6.08 Å². The highest BCUT2D eigenvalue weighted by atomic mass is 127. The summed E-state index contributed by atoms with van der Waals surface area (Å²) in [6.07, 6.45) is 1.70. The van der Waals surface area contributed by atoms with E-state index in [1.165, 1.54) is 17.0 Å². The van der Waals surface area contributed by atoms with Crippen molar-refractivity contribution >= 4 is 69.1 Å². The molecule has 9 heteroatoms. The van der Waals surface area contributed by atoms with Crippen LogP contribution in [0, 0.1) is 3.57 Å². The van der Waals surface area contributed by atoms with E-state index in [0.29, 0.717) is 22.3 Å². The van der Waals surface area contributed by atoms with Gasteiger partial charge in [0.2, 0.25) is 0 Å². The predicted molar refractivity (Wildman–Crippen MR) is 140 cm³/mol. The SMILES string of the molecule is O=C(O)c1ccc(COc2ccc(/C=C3\SC(=O)N(Cc4ccc(Cl)cc4)C3=O)cc2I)cc1. The summed E-state index contributed by atoms with van der Waals surface area (Å²) in [7, 11) is 0. The fourth-order valence-corrected chi connectivity index (χ4v) is 4.85. The maximum absolute atomic E-state index is 12.8. The van der Waals surface area contributed by atoms with Gasteiger partial charge in [-0.3, -0.25) is 14.5 Å². The highest BCUT2D eigenvalue weighted by Crippen LogP contribution is 2.34. The summed E-state index contributed by atoms with van der Waals surface area (Å²) in [6, 6.07) is 19.0. The van der Waals surface area contributed by atoms with Crippen LogP contribution in [0.15, 0.2) is 71.6 Å². The molecule has 1 saturated heterocycles. The Labute approximate surface area is 218 Å². The minimum atomic E-state index is -0.972. The molecule has 172 valence electrons. The zero-order chi connectivity index (χ0) is 24.2. The Morgan fingerprint density at radius 3 is 2.35 bits per heavy atom. The lowest BCUT2D eigenvalue weighted by Gasteiger charge is -2.12. The average Bonchev–Trinajstić information content (AvgIpc) is 3.07. The van der Waals surface area contributed by atoms with Gasteiger partial charge in [0.1, 0.15) is 12.4 Å². The normalized spacial score (nSPS) is 14.6. The van der Waals surface area contributed by atoms with Crippen LogP contribution < -0.4 is 4.74 Å². The molecule has 0 atom stereocenters. The molecule has 0 aliphatic carbocycles. The smallest absolute Gasteiger partial charge is 0.335 e. The number of imide groups is 1. The number of carboxylic acids is 1. The molecule has 1 aliphatic heterocycles. The van der Waals surface area contributed by atoms with Crippen molar-refractivity contribution in [3.05, 3.63) is 102 Å². The van der Waals surface area contributed by atoms with E-state index in [9.17, 15) is 14.4 Å². The van der Waals surface area contributed by atoms with E-state index in [2.05, 4.69) is 22.6 Å². The van der Waals surface area contributed by atoms with Gasteiger partial charge in [0.05, 0.1) is 20.6 Å². The molecule has 4 rings (SSSR count). The number of benzene rings is 3. The summed E-state index contributed by atoms with van der Waals surface area (Å²) in [4.78, 5) is 37.7. The van der Waals surface area contributed by atoms with Crippen LogP contribution in [0.4, 0.5) is 4.79 Å². The molecule has 0 aromatic heterocycles. The van der Waals surface area contributed by atoms with Crippen molar-refractivity contribution in [3.8, 4) is 5.75 Å². The topological polar surface area (TPSA) is 83.9 Å². The summed E-state index contributed by atoms with van der Waals surface area (Å²) in [6.45, 7) is 0.482. The van der Waals surface area contributed by atoms with Gasteiger partial charge in [-0.25, -0.2) is 4.79 Å². The molecular weight excluding hydrogens is 589 g/mol. The van der Waals surface area contributed by atoms with Gasteiger partial charge in [-0.15, -0.1) is 0 Å². The van der Waals surface area contributed by atoms with E-state index in [0.717, 1.165) is 32.0 Å². The zero-order valence-electron chi connectivity index (χ0n) is 17.5. The Kier molecular flexibility index (Phi) is 7.60. The van der Waals surface area contributed by atoms with E-state index >= 15 is 0 Å². The fourth-order valence-electron chi connectivity index (χ4n) is 3.19. The number of thioether (sulfide) groups is 1. The van der Waals surface area contributed by atoms with Crippen molar-refractivity contribution in [1.82, 2.24) is 4.90 Å². The van der Waals surface area contributed by atoms with Gasteiger partial charge in [0, 0.05) is 5.02 Å². The molecule has 1 heterocycles. The first kappa shape index (κ1) is 24.3. The minimum Gasteiger partial charge on any atom is -0.488 e. The Morgan fingerprint density at radius 2 is 1.71 bits per heavy atom. The van der Waals surface area contributed by atoms with Crippen molar-refractivity contribution in [2.75, 3.05) is 0 Å². The van der Waals surface area contributed by atoms with Gasteiger partial charge in [0.25, 0.3) is 11.1 Å². The molecule has 0 bridgehead atoms. The van der Waals surface area contributed by atoms with E-state index in [-0.39, 0.29) is 23.3 Å². The highest BCUT2D eigenvalue weighted by Gasteiger charge is 2.35. The molecule has 6 nitrogen and oxygen atoms in total. The lowest BCUT2D eigenvalue weighted by atomic mass is 10.1. The molecule has 0 spiro atoms. The first-order chi connectivity index (χ1) is 16.3. The van der Waals surface area contributed by atoms with E-state index in [4.69, 9.17) is 21.4 Å². The van der Waals surface area contributed by atoms with Crippen molar-refractivity contribution in [2.24, 2.45) is 0 Å². The number of hydrogen-bond donors (Lipinski definition) is 1.